The number of ether oxygens (including phenoxy) is 1. The van der Waals surface area contributed by atoms with Crippen molar-refractivity contribution in [1.29, 1.82) is 0 Å². The van der Waals surface area contributed by atoms with E-state index >= 15 is 0 Å². The Kier molecular flexibility index (Phi) is 3.22. The Morgan fingerprint density at radius 1 is 1.38 bits per heavy atom. The molecule has 2 rings (SSSR count). The first-order valence-electron chi connectivity index (χ1n) is 4.96. The van der Waals surface area contributed by atoms with Gasteiger partial charge in [-0.1, -0.05) is 12.1 Å². The molecule has 0 spiro atoms. The van der Waals surface area contributed by atoms with Gasteiger partial charge in [0.1, 0.15) is 10.8 Å². The zero-order chi connectivity index (χ0) is 11.5. The molecular formula is C12H13NO2S. The highest BCUT2D eigenvalue weighted by Gasteiger charge is 2.11. The van der Waals surface area contributed by atoms with Crippen molar-refractivity contribution < 1.29 is 9.84 Å². The molecule has 1 aromatic carbocycles. The predicted molar refractivity (Wildman–Crippen MR) is 64.8 cm³/mol. The molecule has 0 bridgehead atoms. The quantitative estimate of drug-likeness (QED) is 0.889. The van der Waals surface area contributed by atoms with Gasteiger partial charge in [0, 0.05) is 4.88 Å². The minimum Gasteiger partial charge on any atom is -0.496 e. The van der Waals surface area contributed by atoms with Gasteiger partial charge < -0.3 is 9.84 Å². The van der Waals surface area contributed by atoms with E-state index in [0.717, 1.165) is 26.9 Å². The van der Waals surface area contributed by atoms with Crippen LogP contribution >= 0.6 is 11.3 Å². The summed E-state index contributed by atoms with van der Waals surface area (Å²) >= 11 is 1.57. The Balaban J connectivity index is 2.49. The minimum atomic E-state index is -0.0164. The summed E-state index contributed by atoms with van der Waals surface area (Å²) in [4.78, 5) is 5.44. The molecule has 1 heterocycles. The van der Waals surface area contributed by atoms with Gasteiger partial charge in [0.05, 0.1) is 25.0 Å². The van der Waals surface area contributed by atoms with E-state index in [1.807, 2.05) is 31.2 Å². The van der Waals surface area contributed by atoms with Gasteiger partial charge in [-0.3, -0.25) is 0 Å². The van der Waals surface area contributed by atoms with Crippen molar-refractivity contribution in [2.45, 2.75) is 13.5 Å². The molecule has 0 amide bonds. The van der Waals surface area contributed by atoms with Crippen molar-refractivity contribution in [3.05, 3.63) is 34.8 Å². The molecular weight excluding hydrogens is 222 g/mol. The van der Waals surface area contributed by atoms with Crippen LogP contribution in [0.25, 0.3) is 10.6 Å². The normalized spacial score (nSPS) is 10.4. The molecule has 1 N–H and O–H groups in total. The van der Waals surface area contributed by atoms with Gasteiger partial charge in [0.2, 0.25) is 0 Å². The average Bonchev–Trinajstić information content (AvgIpc) is 2.70. The maximum absolute atomic E-state index is 9.12. The highest BCUT2D eigenvalue weighted by molar-refractivity contribution is 7.15. The van der Waals surface area contributed by atoms with Gasteiger partial charge in [0.25, 0.3) is 0 Å². The topological polar surface area (TPSA) is 42.4 Å². The molecule has 2 aromatic rings. The molecule has 0 aliphatic rings. The maximum atomic E-state index is 9.12. The van der Waals surface area contributed by atoms with Crippen LogP contribution in [0.5, 0.6) is 5.75 Å². The predicted octanol–water partition coefficient (Wildman–Crippen LogP) is 2.62. The van der Waals surface area contributed by atoms with Crippen molar-refractivity contribution in [1.82, 2.24) is 4.98 Å². The second kappa shape index (κ2) is 4.63. The van der Waals surface area contributed by atoms with Gasteiger partial charge in [-0.25, -0.2) is 4.98 Å². The van der Waals surface area contributed by atoms with Crippen LogP contribution in [0.2, 0.25) is 0 Å². The fourth-order valence-electron chi connectivity index (χ4n) is 1.51. The summed E-state index contributed by atoms with van der Waals surface area (Å²) in [6.07, 6.45) is 0. The standard InChI is InChI=1S/C12H13NO2S/c1-8-10(7-14)13-12(16-8)9-5-3-4-6-11(9)15-2/h3-6,14H,7H2,1-2H3. The van der Waals surface area contributed by atoms with Crippen molar-refractivity contribution in [3.8, 4) is 16.3 Å². The molecule has 0 aliphatic heterocycles. The maximum Gasteiger partial charge on any atom is 0.129 e. The first-order chi connectivity index (χ1) is 7.76. The number of aliphatic hydroxyl groups is 1. The lowest BCUT2D eigenvalue weighted by Crippen LogP contribution is -1.88. The zero-order valence-electron chi connectivity index (χ0n) is 9.23. The molecule has 0 radical (unpaired) electrons. The molecule has 0 aliphatic carbocycles. The third-order valence-electron chi connectivity index (χ3n) is 2.38. The van der Waals surface area contributed by atoms with E-state index in [-0.39, 0.29) is 6.61 Å². The van der Waals surface area contributed by atoms with E-state index in [4.69, 9.17) is 9.84 Å². The average molecular weight is 235 g/mol. The number of rotatable bonds is 3. The Labute approximate surface area is 98.4 Å². The van der Waals surface area contributed by atoms with Gasteiger partial charge in [-0.15, -0.1) is 11.3 Å². The number of aromatic nitrogens is 1. The Morgan fingerprint density at radius 2 is 2.12 bits per heavy atom. The highest BCUT2D eigenvalue weighted by Crippen LogP contribution is 2.33. The van der Waals surface area contributed by atoms with E-state index in [1.54, 1.807) is 18.4 Å². The number of aliphatic hydroxyl groups excluding tert-OH is 1. The van der Waals surface area contributed by atoms with Crippen molar-refractivity contribution >= 4 is 11.3 Å². The van der Waals surface area contributed by atoms with Crippen molar-refractivity contribution in [2.75, 3.05) is 7.11 Å². The lowest BCUT2D eigenvalue weighted by Gasteiger charge is -2.04. The third kappa shape index (κ3) is 1.94. The fourth-order valence-corrected chi connectivity index (χ4v) is 2.46. The molecule has 0 saturated carbocycles. The third-order valence-corrected chi connectivity index (χ3v) is 3.43. The molecule has 0 atom stereocenters. The fraction of sp³-hybridized carbons (Fsp3) is 0.250. The molecule has 84 valence electrons. The van der Waals surface area contributed by atoms with Crippen LogP contribution in [0.4, 0.5) is 0 Å². The first-order valence-corrected chi connectivity index (χ1v) is 5.78. The summed E-state index contributed by atoms with van der Waals surface area (Å²) in [5, 5.41) is 10.0. The number of nitrogens with zero attached hydrogens (tertiary/aromatic N) is 1. The number of hydrogen-bond acceptors (Lipinski definition) is 4. The van der Waals surface area contributed by atoms with Crippen LogP contribution in [-0.2, 0) is 6.61 Å². The molecule has 4 heteroatoms. The second-order valence-electron chi connectivity index (χ2n) is 3.38. The Bertz CT molecular complexity index is 494. The molecule has 0 fully saturated rings. The van der Waals surface area contributed by atoms with Crippen LogP contribution in [-0.4, -0.2) is 17.2 Å². The van der Waals surface area contributed by atoms with Crippen LogP contribution in [0.1, 0.15) is 10.6 Å². The van der Waals surface area contributed by atoms with Gasteiger partial charge in [0.15, 0.2) is 0 Å². The van der Waals surface area contributed by atoms with E-state index in [1.165, 1.54) is 0 Å². The van der Waals surface area contributed by atoms with Gasteiger partial charge in [-0.05, 0) is 19.1 Å². The van der Waals surface area contributed by atoms with Crippen molar-refractivity contribution in [3.63, 3.8) is 0 Å². The summed E-state index contributed by atoms with van der Waals surface area (Å²) < 4.78 is 5.29. The number of para-hydroxylation sites is 1. The number of aryl methyl sites for hydroxylation is 1. The van der Waals surface area contributed by atoms with Crippen LogP contribution in [0.3, 0.4) is 0 Å². The highest BCUT2D eigenvalue weighted by atomic mass is 32.1. The van der Waals surface area contributed by atoms with Crippen LogP contribution in [0, 0.1) is 6.92 Å². The lowest BCUT2D eigenvalue weighted by molar-refractivity contribution is 0.277. The van der Waals surface area contributed by atoms with Crippen molar-refractivity contribution in [2.24, 2.45) is 0 Å². The largest absolute Gasteiger partial charge is 0.496 e. The van der Waals surface area contributed by atoms with Crippen LogP contribution in [0.15, 0.2) is 24.3 Å². The van der Waals surface area contributed by atoms with Crippen LogP contribution < -0.4 is 4.74 Å². The molecule has 3 nitrogen and oxygen atoms in total. The number of hydrogen-bond donors (Lipinski definition) is 1. The molecule has 16 heavy (non-hydrogen) atoms. The summed E-state index contributed by atoms with van der Waals surface area (Å²) in [6.45, 7) is 1.94. The number of methoxy groups -OCH3 is 1. The number of benzene rings is 1. The molecule has 0 unspecified atom stereocenters. The second-order valence-corrected chi connectivity index (χ2v) is 4.58. The lowest BCUT2D eigenvalue weighted by atomic mass is 10.2. The SMILES string of the molecule is COc1ccccc1-c1nc(CO)c(C)s1. The summed E-state index contributed by atoms with van der Waals surface area (Å²) in [7, 11) is 1.65. The smallest absolute Gasteiger partial charge is 0.129 e. The summed E-state index contributed by atoms with van der Waals surface area (Å²) in [5.41, 5.74) is 1.71. The monoisotopic (exact) mass is 235 g/mol. The zero-order valence-corrected chi connectivity index (χ0v) is 10.0. The Hall–Kier alpha value is -1.39. The first kappa shape index (κ1) is 11.1. The van der Waals surface area contributed by atoms with Gasteiger partial charge >= 0.3 is 0 Å². The Morgan fingerprint density at radius 3 is 2.75 bits per heavy atom. The van der Waals surface area contributed by atoms with E-state index < -0.39 is 0 Å². The van der Waals surface area contributed by atoms with E-state index in [9.17, 15) is 0 Å². The summed E-state index contributed by atoms with van der Waals surface area (Å²) in [6, 6.07) is 7.76. The van der Waals surface area contributed by atoms with E-state index in [0.29, 0.717) is 0 Å². The molecule has 1 aromatic heterocycles. The van der Waals surface area contributed by atoms with E-state index in [2.05, 4.69) is 4.98 Å². The number of thiazole rings is 1. The van der Waals surface area contributed by atoms with Gasteiger partial charge in [-0.2, -0.15) is 0 Å². The summed E-state index contributed by atoms with van der Waals surface area (Å²) in [5.74, 6) is 0.806. The molecule has 0 saturated heterocycles. The minimum absolute atomic E-state index is 0.0164.